The van der Waals surface area contributed by atoms with E-state index in [9.17, 15) is 9.59 Å². The van der Waals surface area contributed by atoms with E-state index in [-0.39, 0.29) is 23.4 Å². The summed E-state index contributed by atoms with van der Waals surface area (Å²) in [5.74, 6) is -0.181. The number of likely N-dealkylation sites (N-methyl/N-ethyl adjacent to an activating group) is 1. The summed E-state index contributed by atoms with van der Waals surface area (Å²) in [7, 11) is 4.19. The van der Waals surface area contributed by atoms with E-state index < -0.39 is 6.04 Å². The Kier molecular flexibility index (Phi) is 3.85. The standard InChI is InChI=1S/C19H26N4O2/c1-21(2)12-19(9-10-19)13-5-7-14(8-6-13)23-17(24)16-15(20)4-3-11-22(16)18(23)25/h5-8,15-16H,3-4,9-12,20H2,1-2H3/t15-,16+/m1/s1. The van der Waals surface area contributed by atoms with Crippen LogP contribution in [0.4, 0.5) is 10.5 Å². The molecule has 25 heavy (non-hydrogen) atoms. The van der Waals surface area contributed by atoms with E-state index >= 15 is 0 Å². The maximum absolute atomic E-state index is 12.8. The second-order valence-corrected chi connectivity index (χ2v) is 7.97. The van der Waals surface area contributed by atoms with Crippen LogP contribution >= 0.6 is 0 Å². The third kappa shape index (κ3) is 2.64. The van der Waals surface area contributed by atoms with Crippen LogP contribution in [0.2, 0.25) is 0 Å². The van der Waals surface area contributed by atoms with Gasteiger partial charge in [0.1, 0.15) is 6.04 Å². The highest BCUT2D eigenvalue weighted by molar-refractivity contribution is 6.21. The molecule has 1 saturated carbocycles. The number of carbonyl (C=O) groups is 2. The summed E-state index contributed by atoms with van der Waals surface area (Å²) in [6.07, 6.45) is 4.03. The summed E-state index contributed by atoms with van der Waals surface area (Å²) in [5.41, 5.74) is 8.28. The van der Waals surface area contributed by atoms with Gasteiger partial charge in [0.15, 0.2) is 0 Å². The molecule has 2 heterocycles. The highest BCUT2D eigenvalue weighted by atomic mass is 16.2. The molecule has 2 saturated heterocycles. The van der Waals surface area contributed by atoms with Crippen molar-refractivity contribution in [1.82, 2.24) is 9.80 Å². The van der Waals surface area contributed by atoms with E-state index in [2.05, 4.69) is 31.1 Å². The van der Waals surface area contributed by atoms with Crippen LogP contribution in [-0.2, 0) is 10.2 Å². The second kappa shape index (κ2) is 5.81. The molecule has 134 valence electrons. The van der Waals surface area contributed by atoms with Crippen LogP contribution in [0.25, 0.3) is 0 Å². The summed E-state index contributed by atoms with van der Waals surface area (Å²) < 4.78 is 0. The molecule has 2 atom stereocenters. The Morgan fingerprint density at radius 3 is 2.44 bits per heavy atom. The zero-order chi connectivity index (χ0) is 17.8. The number of urea groups is 1. The van der Waals surface area contributed by atoms with Crippen molar-refractivity contribution in [3.63, 3.8) is 0 Å². The molecular formula is C19H26N4O2. The molecule has 4 rings (SSSR count). The Balaban J connectivity index is 1.58. The SMILES string of the molecule is CN(C)CC1(c2ccc(N3C(=O)[C@@H]4[C@H](N)CCCN4C3=O)cc2)CC1. The van der Waals surface area contributed by atoms with E-state index in [1.54, 1.807) is 4.90 Å². The third-order valence-corrected chi connectivity index (χ3v) is 5.80. The summed E-state index contributed by atoms with van der Waals surface area (Å²) in [4.78, 5) is 30.6. The van der Waals surface area contributed by atoms with E-state index in [4.69, 9.17) is 5.73 Å². The lowest BCUT2D eigenvalue weighted by molar-refractivity contribution is -0.120. The van der Waals surface area contributed by atoms with E-state index in [0.29, 0.717) is 12.2 Å². The van der Waals surface area contributed by atoms with Crippen molar-refractivity contribution in [2.45, 2.75) is 43.2 Å². The van der Waals surface area contributed by atoms with Gasteiger partial charge in [0.25, 0.3) is 5.91 Å². The number of amides is 3. The third-order valence-electron chi connectivity index (χ3n) is 5.80. The lowest BCUT2D eigenvalue weighted by Crippen LogP contribution is -2.52. The van der Waals surface area contributed by atoms with Crippen molar-refractivity contribution in [3.05, 3.63) is 29.8 Å². The molecule has 3 aliphatic rings. The van der Waals surface area contributed by atoms with Crippen LogP contribution in [0.5, 0.6) is 0 Å². The predicted molar refractivity (Wildman–Crippen MR) is 96.5 cm³/mol. The Morgan fingerprint density at radius 2 is 1.88 bits per heavy atom. The number of hydrogen-bond acceptors (Lipinski definition) is 4. The summed E-state index contributed by atoms with van der Waals surface area (Å²) in [6.45, 7) is 1.64. The van der Waals surface area contributed by atoms with Gasteiger partial charge in [0.2, 0.25) is 0 Å². The highest BCUT2D eigenvalue weighted by Crippen LogP contribution is 2.48. The number of carbonyl (C=O) groups excluding carboxylic acids is 2. The van der Waals surface area contributed by atoms with Crippen LogP contribution in [0.3, 0.4) is 0 Å². The van der Waals surface area contributed by atoms with Gasteiger partial charge in [-0.3, -0.25) is 4.79 Å². The van der Waals surface area contributed by atoms with Crippen molar-refractivity contribution in [3.8, 4) is 0 Å². The number of nitrogens with zero attached hydrogens (tertiary/aromatic N) is 3. The number of nitrogens with two attached hydrogens (primary N) is 1. The van der Waals surface area contributed by atoms with Gasteiger partial charge in [-0.1, -0.05) is 12.1 Å². The molecule has 0 unspecified atom stereocenters. The van der Waals surface area contributed by atoms with Gasteiger partial charge in [-0.25, -0.2) is 9.69 Å². The van der Waals surface area contributed by atoms with Crippen molar-refractivity contribution in [2.24, 2.45) is 5.73 Å². The normalized spacial score (nSPS) is 27.8. The van der Waals surface area contributed by atoms with E-state index in [1.807, 2.05) is 12.1 Å². The van der Waals surface area contributed by atoms with Gasteiger partial charge in [-0.15, -0.1) is 0 Å². The molecule has 6 heteroatoms. The first-order chi connectivity index (χ1) is 11.9. The molecule has 1 aromatic carbocycles. The van der Waals surface area contributed by atoms with Crippen LogP contribution < -0.4 is 10.6 Å². The Morgan fingerprint density at radius 1 is 1.20 bits per heavy atom. The molecule has 2 N–H and O–H groups in total. The molecule has 3 fully saturated rings. The maximum Gasteiger partial charge on any atom is 0.332 e. The molecule has 1 aliphatic carbocycles. The van der Waals surface area contributed by atoms with Crippen molar-refractivity contribution >= 4 is 17.6 Å². The van der Waals surface area contributed by atoms with Crippen LogP contribution in [-0.4, -0.2) is 61.0 Å². The first-order valence-corrected chi connectivity index (χ1v) is 9.08. The molecule has 0 aromatic heterocycles. The van der Waals surface area contributed by atoms with Crippen molar-refractivity contribution < 1.29 is 9.59 Å². The number of anilines is 1. The van der Waals surface area contributed by atoms with Crippen LogP contribution in [0.15, 0.2) is 24.3 Å². The van der Waals surface area contributed by atoms with Crippen molar-refractivity contribution in [2.75, 3.05) is 32.1 Å². The lowest BCUT2D eigenvalue weighted by Gasteiger charge is -2.31. The Hall–Kier alpha value is -1.92. The minimum atomic E-state index is -0.496. The zero-order valence-corrected chi connectivity index (χ0v) is 14.9. The molecule has 0 radical (unpaired) electrons. The summed E-state index contributed by atoms with van der Waals surface area (Å²) in [5, 5.41) is 0. The number of piperidine rings is 1. The first-order valence-electron chi connectivity index (χ1n) is 9.08. The highest BCUT2D eigenvalue weighted by Gasteiger charge is 2.50. The number of hydrogen-bond donors (Lipinski definition) is 1. The average Bonchev–Trinajstić information content (AvgIpc) is 3.29. The lowest BCUT2D eigenvalue weighted by atomic mass is 9.95. The Labute approximate surface area is 148 Å². The van der Waals surface area contributed by atoms with Gasteiger partial charge in [0, 0.05) is 24.5 Å². The molecule has 3 amide bonds. The number of rotatable bonds is 4. The fourth-order valence-electron chi connectivity index (χ4n) is 4.41. The van der Waals surface area contributed by atoms with Gasteiger partial charge < -0.3 is 15.5 Å². The Bertz CT molecular complexity index is 696. The molecule has 0 spiro atoms. The second-order valence-electron chi connectivity index (χ2n) is 7.97. The van der Waals surface area contributed by atoms with Crippen LogP contribution in [0.1, 0.15) is 31.2 Å². The topological polar surface area (TPSA) is 69.9 Å². The van der Waals surface area contributed by atoms with E-state index in [0.717, 1.165) is 19.4 Å². The molecular weight excluding hydrogens is 316 g/mol. The molecule has 2 aliphatic heterocycles. The smallest absolute Gasteiger partial charge is 0.325 e. The molecule has 0 bridgehead atoms. The average molecular weight is 342 g/mol. The van der Waals surface area contributed by atoms with Gasteiger partial charge in [-0.05, 0) is 57.5 Å². The summed E-state index contributed by atoms with van der Waals surface area (Å²) >= 11 is 0. The predicted octanol–water partition coefficient (Wildman–Crippen LogP) is 1.54. The largest absolute Gasteiger partial charge is 0.332 e. The molecule has 6 nitrogen and oxygen atoms in total. The molecule has 1 aromatic rings. The number of fused-ring (bicyclic) bond motifs is 1. The number of imide groups is 1. The first kappa shape index (κ1) is 16.5. The fourth-order valence-corrected chi connectivity index (χ4v) is 4.41. The van der Waals surface area contributed by atoms with Gasteiger partial charge in [-0.2, -0.15) is 0 Å². The minimum Gasteiger partial charge on any atom is -0.325 e. The summed E-state index contributed by atoms with van der Waals surface area (Å²) in [6, 6.07) is 6.98. The zero-order valence-electron chi connectivity index (χ0n) is 14.9. The van der Waals surface area contributed by atoms with Gasteiger partial charge in [0.05, 0.1) is 5.69 Å². The van der Waals surface area contributed by atoms with Gasteiger partial charge >= 0.3 is 6.03 Å². The quantitative estimate of drug-likeness (QED) is 0.843. The van der Waals surface area contributed by atoms with Crippen molar-refractivity contribution in [1.29, 1.82) is 0 Å². The number of benzene rings is 1. The van der Waals surface area contributed by atoms with Crippen LogP contribution in [0, 0.1) is 0 Å². The monoisotopic (exact) mass is 342 g/mol. The minimum absolute atomic E-state index is 0.181. The fraction of sp³-hybridized carbons (Fsp3) is 0.579. The van der Waals surface area contributed by atoms with E-state index in [1.165, 1.54) is 23.3 Å². The maximum atomic E-state index is 12.8.